The molecule has 0 bridgehead atoms. The first-order chi connectivity index (χ1) is 11.2. The molecule has 1 aromatic carbocycles. The molecular formula is C18H21N3OS. The molecule has 0 unspecified atom stereocenters. The predicted molar refractivity (Wildman–Crippen MR) is 95.1 cm³/mol. The molecule has 0 saturated heterocycles. The Hall–Kier alpha value is -2.01. The van der Waals surface area contributed by atoms with Gasteiger partial charge in [-0.25, -0.2) is 4.98 Å². The van der Waals surface area contributed by atoms with E-state index in [4.69, 9.17) is 0 Å². The van der Waals surface area contributed by atoms with E-state index in [-0.39, 0.29) is 5.91 Å². The fraction of sp³-hybridized carbons (Fsp3) is 0.333. The van der Waals surface area contributed by atoms with Gasteiger partial charge in [0.25, 0.3) is 5.91 Å². The summed E-state index contributed by atoms with van der Waals surface area (Å²) in [6.45, 7) is 1.48. The van der Waals surface area contributed by atoms with Gasteiger partial charge in [0.1, 0.15) is 0 Å². The van der Waals surface area contributed by atoms with Crippen LogP contribution in [0.3, 0.4) is 0 Å². The van der Waals surface area contributed by atoms with Gasteiger partial charge in [0.05, 0.1) is 5.69 Å². The molecule has 0 aliphatic carbocycles. The molecule has 0 radical (unpaired) electrons. The zero-order valence-electron chi connectivity index (χ0n) is 13.5. The van der Waals surface area contributed by atoms with E-state index in [1.807, 2.05) is 19.2 Å². The lowest BCUT2D eigenvalue weighted by Gasteiger charge is -2.23. The van der Waals surface area contributed by atoms with Crippen LogP contribution in [0, 0.1) is 0 Å². The number of aryl methyl sites for hydroxylation is 1. The van der Waals surface area contributed by atoms with Crippen molar-refractivity contribution in [3.05, 3.63) is 53.3 Å². The topological polar surface area (TPSA) is 45.2 Å². The maximum absolute atomic E-state index is 12.8. The van der Waals surface area contributed by atoms with E-state index in [9.17, 15) is 4.79 Å². The van der Waals surface area contributed by atoms with Gasteiger partial charge in [-0.2, -0.15) is 0 Å². The summed E-state index contributed by atoms with van der Waals surface area (Å²) in [4.78, 5) is 20.1. The average molecular weight is 327 g/mol. The molecule has 1 aromatic heterocycles. The molecule has 1 N–H and O–H groups in total. The lowest BCUT2D eigenvalue weighted by atomic mass is 10.0. The number of carbonyl (C=O) groups is 1. The van der Waals surface area contributed by atoms with Crippen LogP contribution in [-0.2, 0) is 13.0 Å². The molecule has 0 atom stereocenters. The zero-order valence-corrected chi connectivity index (χ0v) is 14.3. The van der Waals surface area contributed by atoms with Gasteiger partial charge in [-0.15, -0.1) is 11.8 Å². The number of hydrogen-bond donors (Lipinski definition) is 1. The van der Waals surface area contributed by atoms with Gasteiger partial charge < -0.3 is 10.2 Å². The largest absolute Gasteiger partial charge is 0.383 e. The fourth-order valence-electron chi connectivity index (χ4n) is 2.86. The smallest absolute Gasteiger partial charge is 0.274 e. The normalized spacial score (nSPS) is 13.1. The molecule has 4 nitrogen and oxygen atoms in total. The van der Waals surface area contributed by atoms with Crippen LogP contribution in [0.1, 0.15) is 28.0 Å². The number of pyridine rings is 1. The third kappa shape index (κ3) is 3.50. The molecule has 2 aromatic rings. The molecule has 2 heterocycles. The van der Waals surface area contributed by atoms with Gasteiger partial charge in [0.2, 0.25) is 0 Å². The Bertz CT molecular complexity index is 717. The second-order valence-corrected chi connectivity index (χ2v) is 6.62. The van der Waals surface area contributed by atoms with Crippen LogP contribution in [0.4, 0.5) is 5.69 Å². The van der Waals surface area contributed by atoms with Crippen molar-refractivity contribution in [3.63, 3.8) is 0 Å². The molecule has 1 amide bonds. The Labute approximate surface area is 141 Å². The molecule has 3 rings (SSSR count). The molecule has 1 aliphatic heterocycles. The number of anilines is 1. The number of benzene rings is 1. The number of nitrogens with one attached hydrogen (secondary N) is 1. The highest BCUT2D eigenvalue weighted by Crippen LogP contribution is 2.25. The minimum absolute atomic E-state index is 0.0363. The number of carbonyl (C=O) groups excluding carboxylic acids is 1. The van der Waals surface area contributed by atoms with Crippen molar-refractivity contribution in [2.24, 2.45) is 0 Å². The maximum Gasteiger partial charge on any atom is 0.274 e. The minimum atomic E-state index is -0.0363. The number of nitrogens with zero attached hydrogens (tertiary/aromatic N) is 2. The number of hydrogen-bond acceptors (Lipinski definition) is 4. The van der Waals surface area contributed by atoms with E-state index in [1.54, 1.807) is 22.9 Å². The molecule has 120 valence electrons. The Morgan fingerprint density at radius 1 is 1.39 bits per heavy atom. The summed E-state index contributed by atoms with van der Waals surface area (Å²) >= 11 is 1.71. The van der Waals surface area contributed by atoms with Crippen molar-refractivity contribution >= 4 is 23.4 Å². The number of thioether (sulfide) groups is 1. The summed E-state index contributed by atoms with van der Waals surface area (Å²) in [5.41, 5.74) is 3.76. The van der Waals surface area contributed by atoms with Gasteiger partial charge in [0.15, 0.2) is 5.69 Å². The van der Waals surface area contributed by atoms with Crippen LogP contribution >= 0.6 is 11.8 Å². The molecule has 23 heavy (non-hydrogen) atoms. The Morgan fingerprint density at radius 3 is 3.09 bits per heavy atom. The second-order valence-electron chi connectivity index (χ2n) is 5.74. The monoisotopic (exact) mass is 327 g/mol. The Balaban J connectivity index is 1.80. The first kappa shape index (κ1) is 15.9. The van der Waals surface area contributed by atoms with Crippen molar-refractivity contribution in [3.8, 4) is 0 Å². The minimum Gasteiger partial charge on any atom is -0.383 e. The third-order valence-corrected chi connectivity index (χ3v) is 4.79. The van der Waals surface area contributed by atoms with E-state index >= 15 is 0 Å². The first-order valence-corrected chi connectivity index (χ1v) is 9.01. The summed E-state index contributed by atoms with van der Waals surface area (Å²) in [7, 11) is 1.83. The summed E-state index contributed by atoms with van der Waals surface area (Å²) in [5.74, 6) is -0.0363. The second kappa shape index (κ2) is 7.04. The van der Waals surface area contributed by atoms with Crippen LogP contribution in [0.5, 0.6) is 0 Å². The van der Waals surface area contributed by atoms with E-state index in [1.165, 1.54) is 10.5 Å². The third-order valence-electron chi connectivity index (χ3n) is 4.07. The Morgan fingerprint density at radius 2 is 2.26 bits per heavy atom. The summed E-state index contributed by atoms with van der Waals surface area (Å²) in [6.07, 6.45) is 5.90. The van der Waals surface area contributed by atoms with Crippen LogP contribution < -0.4 is 5.32 Å². The SMILES string of the molecule is CSc1cccc(CN(C)C(=O)c2nccc3c2NCCC3)c1. The maximum atomic E-state index is 12.8. The van der Waals surface area contributed by atoms with Gasteiger partial charge in [-0.1, -0.05) is 12.1 Å². The van der Waals surface area contributed by atoms with Crippen molar-refractivity contribution in [2.45, 2.75) is 24.3 Å². The molecule has 1 aliphatic rings. The highest BCUT2D eigenvalue weighted by Gasteiger charge is 2.21. The van der Waals surface area contributed by atoms with Crippen molar-refractivity contribution < 1.29 is 4.79 Å². The lowest BCUT2D eigenvalue weighted by molar-refractivity contribution is 0.0780. The van der Waals surface area contributed by atoms with Gasteiger partial charge in [-0.3, -0.25) is 4.79 Å². The van der Waals surface area contributed by atoms with E-state index in [0.29, 0.717) is 12.2 Å². The zero-order chi connectivity index (χ0) is 16.2. The highest BCUT2D eigenvalue weighted by molar-refractivity contribution is 7.98. The predicted octanol–water partition coefficient (Wildman–Crippen LogP) is 3.43. The van der Waals surface area contributed by atoms with Crippen LogP contribution in [0.25, 0.3) is 0 Å². The van der Waals surface area contributed by atoms with Crippen LogP contribution in [0.2, 0.25) is 0 Å². The summed E-state index contributed by atoms with van der Waals surface area (Å²) in [6, 6.07) is 10.3. The van der Waals surface area contributed by atoms with E-state index in [2.05, 4.69) is 34.8 Å². The van der Waals surface area contributed by atoms with Crippen molar-refractivity contribution in [1.82, 2.24) is 9.88 Å². The summed E-state index contributed by atoms with van der Waals surface area (Å²) < 4.78 is 0. The number of fused-ring (bicyclic) bond motifs is 1. The molecule has 0 fully saturated rings. The van der Waals surface area contributed by atoms with Crippen molar-refractivity contribution in [2.75, 3.05) is 25.2 Å². The lowest BCUT2D eigenvalue weighted by Crippen LogP contribution is -2.29. The van der Waals surface area contributed by atoms with Gasteiger partial charge in [-0.05, 0) is 48.4 Å². The van der Waals surface area contributed by atoms with Gasteiger partial charge in [0, 0.05) is 31.2 Å². The molecule has 0 spiro atoms. The van der Waals surface area contributed by atoms with E-state index < -0.39 is 0 Å². The molecular weight excluding hydrogens is 306 g/mol. The molecule has 5 heteroatoms. The number of aromatic nitrogens is 1. The quantitative estimate of drug-likeness (QED) is 0.874. The van der Waals surface area contributed by atoms with Crippen LogP contribution in [-0.4, -0.2) is 35.6 Å². The average Bonchev–Trinajstić information content (AvgIpc) is 2.60. The Kier molecular flexibility index (Phi) is 4.86. The number of rotatable bonds is 4. The van der Waals surface area contributed by atoms with E-state index in [0.717, 1.165) is 30.6 Å². The first-order valence-electron chi connectivity index (χ1n) is 7.79. The van der Waals surface area contributed by atoms with Crippen LogP contribution in [0.15, 0.2) is 41.4 Å². The number of amides is 1. The highest BCUT2D eigenvalue weighted by atomic mass is 32.2. The molecule has 0 saturated carbocycles. The van der Waals surface area contributed by atoms with Crippen molar-refractivity contribution in [1.29, 1.82) is 0 Å². The summed E-state index contributed by atoms with van der Waals surface area (Å²) in [5, 5.41) is 3.34. The fourth-order valence-corrected chi connectivity index (χ4v) is 3.34. The van der Waals surface area contributed by atoms with Gasteiger partial charge >= 0.3 is 0 Å². The standard InChI is InChI=1S/C18H21N3OS/c1-21(12-13-5-3-7-15(11-13)23-2)18(22)17-16-14(8-10-20-17)6-4-9-19-16/h3,5,7-8,10-11,19H,4,6,9,12H2,1-2H3.